The van der Waals surface area contributed by atoms with E-state index in [1.807, 2.05) is 18.2 Å². The number of nitrogens with zero attached hydrogens (tertiary/aromatic N) is 1. The lowest BCUT2D eigenvalue weighted by Crippen LogP contribution is -2.50. The average Bonchev–Trinajstić information content (AvgIpc) is 2.58. The monoisotopic (exact) mass is 302 g/mol. The number of carbonyl (C=O) groups is 2. The summed E-state index contributed by atoms with van der Waals surface area (Å²) in [5.74, 6) is -0.806. The SMILES string of the molecule is CCC1CCCCN1C(=O)C(=O)NCCCc1ccccc1. The number of carbonyl (C=O) groups excluding carboxylic acids is 2. The van der Waals surface area contributed by atoms with Crippen LogP contribution in [0.3, 0.4) is 0 Å². The fraction of sp³-hybridized carbons (Fsp3) is 0.556. The van der Waals surface area contributed by atoms with E-state index in [9.17, 15) is 9.59 Å². The van der Waals surface area contributed by atoms with Gasteiger partial charge in [0.1, 0.15) is 0 Å². The van der Waals surface area contributed by atoms with Crippen LogP contribution in [0.5, 0.6) is 0 Å². The van der Waals surface area contributed by atoms with Crippen molar-refractivity contribution >= 4 is 11.8 Å². The molecule has 1 atom stereocenters. The molecular weight excluding hydrogens is 276 g/mol. The summed E-state index contributed by atoms with van der Waals surface area (Å²) in [6, 6.07) is 10.4. The molecule has 0 aliphatic carbocycles. The number of nitrogens with one attached hydrogen (secondary N) is 1. The highest BCUT2D eigenvalue weighted by Gasteiger charge is 2.29. The van der Waals surface area contributed by atoms with Crippen molar-refractivity contribution in [3.63, 3.8) is 0 Å². The summed E-state index contributed by atoms with van der Waals surface area (Å²) in [4.78, 5) is 26.0. The van der Waals surface area contributed by atoms with Gasteiger partial charge in [-0.1, -0.05) is 37.3 Å². The standard InChI is InChI=1S/C18H26N2O2/c1-2-16-12-6-7-14-20(16)18(22)17(21)19-13-8-11-15-9-4-3-5-10-15/h3-5,9-10,16H,2,6-8,11-14H2,1H3,(H,19,21). The van der Waals surface area contributed by atoms with Crippen molar-refractivity contribution in [1.82, 2.24) is 10.2 Å². The molecule has 1 aromatic rings. The Morgan fingerprint density at radius 3 is 2.73 bits per heavy atom. The molecule has 1 saturated heterocycles. The van der Waals surface area contributed by atoms with Crippen LogP contribution < -0.4 is 5.32 Å². The third kappa shape index (κ3) is 4.58. The van der Waals surface area contributed by atoms with Crippen molar-refractivity contribution < 1.29 is 9.59 Å². The van der Waals surface area contributed by atoms with Gasteiger partial charge < -0.3 is 10.2 Å². The van der Waals surface area contributed by atoms with E-state index in [1.54, 1.807) is 4.90 Å². The van der Waals surface area contributed by atoms with Crippen molar-refractivity contribution in [2.45, 2.75) is 51.5 Å². The second kappa shape index (κ2) is 8.57. The summed E-state index contributed by atoms with van der Waals surface area (Å²) in [6.45, 7) is 3.34. The molecule has 4 nitrogen and oxygen atoms in total. The summed E-state index contributed by atoms with van der Waals surface area (Å²) in [5.41, 5.74) is 1.25. The molecule has 0 saturated carbocycles. The number of likely N-dealkylation sites (tertiary alicyclic amines) is 1. The van der Waals surface area contributed by atoms with Gasteiger partial charge in [0, 0.05) is 19.1 Å². The first-order valence-electron chi connectivity index (χ1n) is 8.35. The van der Waals surface area contributed by atoms with Gasteiger partial charge in [-0.05, 0) is 44.1 Å². The highest BCUT2D eigenvalue weighted by atomic mass is 16.2. The van der Waals surface area contributed by atoms with Crippen molar-refractivity contribution in [2.24, 2.45) is 0 Å². The Morgan fingerprint density at radius 1 is 1.23 bits per heavy atom. The minimum atomic E-state index is -0.451. The Morgan fingerprint density at radius 2 is 2.00 bits per heavy atom. The number of aryl methyl sites for hydroxylation is 1. The Bertz CT molecular complexity index is 487. The number of rotatable bonds is 5. The third-order valence-electron chi connectivity index (χ3n) is 4.32. The van der Waals surface area contributed by atoms with E-state index in [4.69, 9.17) is 0 Å². The molecule has 4 heteroatoms. The molecule has 1 unspecified atom stereocenters. The normalized spacial score (nSPS) is 18.0. The summed E-state index contributed by atoms with van der Waals surface area (Å²) in [5, 5.41) is 2.76. The van der Waals surface area contributed by atoms with Crippen LogP contribution in [0.2, 0.25) is 0 Å². The van der Waals surface area contributed by atoms with Crippen LogP contribution in [0.1, 0.15) is 44.6 Å². The third-order valence-corrected chi connectivity index (χ3v) is 4.32. The Labute approximate surface area is 132 Å². The molecule has 1 heterocycles. The number of amides is 2. The molecule has 0 radical (unpaired) electrons. The van der Waals surface area contributed by atoms with E-state index in [2.05, 4.69) is 24.4 Å². The van der Waals surface area contributed by atoms with Gasteiger partial charge in [-0.25, -0.2) is 0 Å². The molecule has 1 aromatic carbocycles. The van der Waals surface area contributed by atoms with E-state index in [0.29, 0.717) is 6.54 Å². The maximum absolute atomic E-state index is 12.2. The van der Waals surface area contributed by atoms with Crippen molar-refractivity contribution in [2.75, 3.05) is 13.1 Å². The highest BCUT2D eigenvalue weighted by molar-refractivity contribution is 6.35. The molecule has 1 aliphatic rings. The van der Waals surface area contributed by atoms with Crippen LogP contribution in [0.4, 0.5) is 0 Å². The Balaban J connectivity index is 1.73. The van der Waals surface area contributed by atoms with E-state index in [0.717, 1.165) is 45.1 Å². The van der Waals surface area contributed by atoms with Crippen LogP contribution in [0.15, 0.2) is 30.3 Å². The molecule has 0 spiro atoms. The predicted molar refractivity (Wildman–Crippen MR) is 87.4 cm³/mol. The van der Waals surface area contributed by atoms with Crippen molar-refractivity contribution in [3.8, 4) is 0 Å². The zero-order valence-corrected chi connectivity index (χ0v) is 13.4. The topological polar surface area (TPSA) is 49.4 Å². The lowest BCUT2D eigenvalue weighted by Gasteiger charge is -2.34. The molecule has 2 rings (SSSR count). The molecule has 0 bridgehead atoms. The second-order valence-electron chi connectivity index (χ2n) is 5.90. The zero-order chi connectivity index (χ0) is 15.8. The minimum Gasteiger partial charge on any atom is -0.348 e. The van der Waals surface area contributed by atoms with Crippen LogP contribution >= 0.6 is 0 Å². The van der Waals surface area contributed by atoms with Crippen LogP contribution in [-0.2, 0) is 16.0 Å². The number of hydrogen-bond acceptors (Lipinski definition) is 2. The number of hydrogen-bond donors (Lipinski definition) is 1. The fourth-order valence-corrected chi connectivity index (χ4v) is 3.04. The summed E-state index contributed by atoms with van der Waals surface area (Å²) < 4.78 is 0. The fourth-order valence-electron chi connectivity index (χ4n) is 3.04. The van der Waals surface area contributed by atoms with E-state index < -0.39 is 5.91 Å². The molecule has 1 N–H and O–H groups in total. The molecule has 22 heavy (non-hydrogen) atoms. The van der Waals surface area contributed by atoms with Gasteiger partial charge in [-0.2, -0.15) is 0 Å². The lowest BCUT2D eigenvalue weighted by molar-refractivity contribution is -0.148. The maximum atomic E-state index is 12.2. The molecular formula is C18H26N2O2. The molecule has 0 aromatic heterocycles. The smallest absolute Gasteiger partial charge is 0.312 e. The van der Waals surface area contributed by atoms with Gasteiger partial charge in [-0.3, -0.25) is 9.59 Å². The molecule has 120 valence electrons. The Hall–Kier alpha value is -1.84. The number of benzene rings is 1. The zero-order valence-electron chi connectivity index (χ0n) is 13.4. The molecule has 1 aliphatic heterocycles. The molecule has 1 fully saturated rings. The quantitative estimate of drug-likeness (QED) is 0.671. The Kier molecular flexibility index (Phi) is 6.44. The van der Waals surface area contributed by atoms with E-state index >= 15 is 0 Å². The first-order valence-corrected chi connectivity index (χ1v) is 8.35. The molecule has 2 amide bonds. The van der Waals surface area contributed by atoms with Gasteiger partial charge >= 0.3 is 11.8 Å². The first-order chi connectivity index (χ1) is 10.7. The van der Waals surface area contributed by atoms with Gasteiger partial charge in [0.2, 0.25) is 0 Å². The van der Waals surface area contributed by atoms with E-state index in [1.165, 1.54) is 5.56 Å². The average molecular weight is 302 g/mol. The van der Waals surface area contributed by atoms with Crippen LogP contribution in [-0.4, -0.2) is 35.8 Å². The van der Waals surface area contributed by atoms with Crippen molar-refractivity contribution in [1.29, 1.82) is 0 Å². The first kappa shape index (κ1) is 16.5. The van der Waals surface area contributed by atoms with Gasteiger partial charge in [0.05, 0.1) is 0 Å². The predicted octanol–water partition coefficient (Wildman–Crippen LogP) is 2.53. The van der Waals surface area contributed by atoms with Gasteiger partial charge in [0.25, 0.3) is 0 Å². The van der Waals surface area contributed by atoms with Gasteiger partial charge in [0.15, 0.2) is 0 Å². The largest absolute Gasteiger partial charge is 0.348 e. The number of piperidine rings is 1. The van der Waals surface area contributed by atoms with Crippen LogP contribution in [0, 0.1) is 0 Å². The summed E-state index contributed by atoms with van der Waals surface area (Å²) in [7, 11) is 0. The highest BCUT2D eigenvalue weighted by Crippen LogP contribution is 2.19. The van der Waals surface area contributed by atoms with Gasteiger partial charge in [-0.15, -0.1) is 0 Å². The van der Waals surface area contributed by atoms with E-state index in [-0.39, 0.29) is 11.9 Å². The second-order valence-corrected chi connectivity index (χ2v) is 5.90. The lowest BCUT2D eigenvalue weighted by atomic mass is 10.00. The van der Waals surface area contributed by atoms with Crippen LogP contribution in [0.25, 0.3) is 0 Å². The summed E-state index contributed by atoms with van der Waals surface area (Å²) in [6.07, 6.45) is 5.86. The minimum absolute atomic E-state index is 0.233. The maximum Gasteiger partial charge on any atom is 0.312 e. The van der Waals surface area contributed by atoms with Crippen molar-refractivity contribution in [3.05, 3.63) is 35.9 Å². The summed E-state index contributed by atoms with van der Waals surface area (Å²) >= 11 is 0.